The topological polar surface area (TPSA) is 117 Å². The van der Waals surface area contributed by atoms with E-state index in [2.05, 4.69) is 15.0 Å². The molecule has 2 aliphatic rings. The Balaban J connectivity index is 0.000000232. The fraction of sp³-hybridized carbons (Fsp3) is 0.692. The van der Waals surface area contributed by atoms with Gasteiger partial charge in [-0.1, -0.05) is 5.16 Å². The van der Waals surface area contributed by atoms with E-state index >= 15 is 0 Å². The molecule has 0 amide bonds. The van der Waals surface area contributed by atoms with Gasteiger partial charge in [0.1, 0.15) is 0 Å². The first-order valence-corrected chi connectivity index (χ1v) is 6.92. The van der Waals surface area contributed by atoms with Crippen LogP contribution >= 0.6 is 0 Å². The molecule has 2 fully saturated rings. The number of carbonyl (C=O) groups is 2. The molecule has 0 radical (unpaired) electrons. The van der Waals surface area contributed by atoms with Crippen molar-refractivity contribution in [3.8, 4) is 0 Å². The highest BCUT2D eigenvalue weighted by Crippen LogP contribution is 2.40. The second-order valence-electron chi connectivity index (χ2n) is 5.52. The molecule has 1 aromatic rings. The van der Waals surface area contributed by atoms with Gasteiger partial charge < -0.3 is 19.6 Å². The summed E-state index contributed by atoms with van der Waals surface area (Å²) in [6.45, 7) is 5.51. The van der Waals surface area contributed by atoms with Crippen LogP contribution in [0.2, 0.25) is 0 Å². The van der Waals surface area contributed by atoms with Crippen LogP contribution in [0, 0.1) is 6.92 Å². The van der Waals surface area contributed by atoms with Crippen LogP contribution in [-0.2, 0) is 15.0 Å². The molecule has 2 bridgehead atoms. The zero-order valence-corrected chi connectivity index (χ0v) is 11.9. The number of aromatic nitrogens is 2. The summed E-state index contributed by atoms with van der Waals surface area (Å²) in [5.41, 5.74) is 0.178. The number of fused-ring (bicyclic) bond motifs is 2. The van der Waals surface area contributed by atoms with Crippen molar-refractivity contribution in [2.24, 2.45) is 0 Å². The number of rotatable bonds is 1. The second-order valence-corrected chi connectivity index (χ2v) is 5.52. The van der Waals surface area contributed by atoms with Gasteiger partial charge in [0.15, 0.2) is 5.82 Å². The van der Waals surface area contributed by atoms with Gasteiger partial charge in [0.05, 0.1) is 5.41 Å². The van der Waals surface area contributed by atoms with Crippen molar-refractivity contribution in [1.82, 2.24) is 15.0 Å². The fourth-order valence-corrected chi connectivity index (χ4v) is 3.06. The van der Waals surface area contributed by atoms with Gasteiger partial charge in [0, 0.05) is 6.54 Å². The Hall–Kier alpha value is -1.96. The summed E-state index contributed by atoms with van der Waals surface area (Å²) in [5.74, 6) is -2.00. The zero-order chi connectivity index (χ0) is 15.5. The number of carboxylic acids is 2. The van der Waals surface area contributed by atoms with Gasteiger partial charge in [-0.25, -0.2) is 9.59 Å². The molecule has 3 rings (SSSR count). The summed E-state index contributed by atoms with van der Waals surface area (Å²) >= 11 is 0. The molecular formula is C13H19N3O5. The minimum absolute atomic E-state index is 0.178. The van der Waals surface area contributed by atoms with Crippen molar-refractivity contribution in [3.63, 3.8) is 0 Å². The SMILES string of the molecule is Cc1noc(C23CCCN(CCC2)C3)n1.O=C(O)C(=O)O. The minimum atomic E-state index is -1.82. The van der Waals surface area contributed by atoms with Gasteiger partial charge in [-0.3, -0.25) is 0 Å². The maximum atomic E-state index is 9.10. The number of hydrogen-bond donors (Lipinski definition) is 2. The van der Waals surface area contributed by atoms with Gasteiger partial charge >= 0.3 is 11.9 Å². The number of hydrogen-bond acceptors (Lipinski definition) is 6. The lowest BCUT2D eigenvalue weighted by Gasteiger charge is -2.44. The number of aryl methyl sites for hydroxylation is 1. The van der Waals surface area contributed by atoms with Crippen LogP contribution in [0.5, 0.6) is 0 Å². The second kappa shape index (κ2) is 6.21. The van der Waals surface area contributed by atoms with E-state index in [0.717, 1.165) is 18.3 Å². The van der Waals surface area contributed by atoms with Crippen molar-refractivity contribution in [3.05, 3.63) is 11.7 Å². The summed E-state index contributed by atoms with van der Waals surface area (Å²) < 4.78 is 5.39. The molecule has 0 aliphatic carbocycles. The Morgan fingerprint density at radius 1 is 1.19 bits per heavy atom. The van der Waals surface area contributed by atoms with E-state index in [9.17, 15) is 0 Å². The van der Waals surface area contributed by atoms with Gasteiger partial charge in [-0.15, -0.1) is 0 Å². The van der Waals surface area contributed by atoms with Crippen molar-refractivity contribution < 1.29 is 24.3 Å². The normalized spacial score (nSPS) is 27.4. The lowest BCUT2D eigenvalue weighted by Crippen LogP contribution is -2.50. The molecule has 0 unspecified atom stereocenters. The Kier molecular flexibility index (Phi) is 4.56. The molecular weight excluding hydrogens is 278 g/mol. The molecule has 2 N–H and O–H groups in total. The van der Waals surface area contributed by atoms with Crippen LogP contribution in [0.25, 0.3) is 0 Å². The molecule has 0 spiro atoms. The Morgan fingerprint density at radius 2 is 1.76 bits per heavy atom. The number of nitrogens with zero attached hydrogens (tertiary/aromatic N) is 3. The Morgan fingerprint density at radius 3 is 2.19 bits per heavy atom. The van der Waals surface area contributed by atoms with E-state index in [1.807, 2.05) is 6.92 Å². The highest BCUT2D eigenvalue weighted by Gasteiger charge is 2.43. The quantitative estimate of drug-likeness (QED) is 0.726. The molecule has 8 nitrogen and oxygen atoms in total. The number of carboxylic acid groups (broad SMARTS) is 2. The lowest BCUT2D eigenvalue weighted by molar-refractivity contribution is -0.159. The Bertz CT molecular complexity index is 506. The number of piperidine rings is 2. The smallest absolute Gasteiger partial charge is 0.414 e. The maximum absolute atomic E-state index is 9.10. The number of aliphatic carboxylic acids is 2. The Labute approximate surface area is 121 Å². The van der Waals surface area contributed by atoms with Crippen molar-refractivity contribution in [2.45, 2.75) is 38.0 Å². The third-order valence-corrected chi connectivity index (χ3v) is 3.95. The summed E-state index contributed by atoms with van der Waals surface area (Å²) in [4.78, 5) is 25.2. The molecule has 0 atom stereocenters. The third kappa shape index (κ3) is 3.57. The monoisotopic (exact) mass is 297 g/mol. The zero-order valence-electron chi connectivity index (χ0n) is 11.9. The lowest BCUT2D eigenvalue weighted by atomic mass is 9.73. The molecule has 3 heterocycles. The molecule has 2 aliphatic heterocycles. The van der Waals surface area contributed by atoms with Crippen LogP contribution in [0.3, 0.4) is 0 Å². The van der Waals surface area contributed by atoms with Gasteiger partial charge in [0.25, 0.3) is 0 Å². The predicted molar refractivity (Wildman–Crippen MR) is 70.9 cm³/mol. The predicted octanol–water partition coefficient (Wildman–Crippen LogP) is 0.661. The van der Waals surface area contributed by atoms with E-state index in [1.54, 1.807) is 0 Å². The van der Waals surface area contributed by atoms with E-state index in [0.29, 0.717) is 0 Å². The van der Waals surface area contributed by atoms with Crippen molar-refractivity contribution >= 4 is 11.9 Å². The average molecular weight is 297 g/mol. The van der Waals surface area contributed by atoms with Crippen molar-refractivity contribution in [2.75, 3.05) is 19.6 Å². The van der Waals surface area contributed by atoms with Gasteiger partial charge in [-0.05, 0) is 45.7 Å². The molecule has 2 saturated heterocycles. The van der Waals surface area contributed by atoms with Crippen LogP contribution in [0.4, 0.5) is 0 Å². The summed E-state index contributed by atoms with van der Waals surface area (Å²) in [6, 6.07) is 0. The van der Waals surface area contributed by atoms with E-state index in [-0.39, 0.29) is 5.41 Å². The first kappa shape index (κ1) is 15.4. The molecule has 0 aromatic carbocycles. The summed E-state index contributed by atoms with van der Waals surface area (Å²) in [5, 5.41) is 18.7. The van der Waals surface area contributed by atoms with Gasteiger partial charge in [-0.2, -0.15) is 4.98 Å². The molecule has 8 heteroatoms. The first-order valence-electron chi connectivity index (χ1n) is 6.92. The van der Waals surface area contributed by atoms with Crippen LogP contribution < -0.4 is 0 Å². The standard InChI is InChI=1S/C11H17N3O.C2H2O4/c1-9-12-10(15-13-9)11-4-2-6-14(8-11)7-3-5-11;3-1(4)2(5)6/h2-8H2,1H3;(H,3,4)(H,5,6). The molecule has 1 aromatic heterocycles. The van der Waals surface area contributed by atoms with Crippen LogP contribution in [0.15, 0.2) is 4.52 Å². The highest BCUT2D eigenvalue weighted by molar-refractivity contribution is 6.27. The van der Waals surface area contributed by atoms with E-state index in [4.69, 9.17) is 24.3 Å². The largest absolute Gasteiger partial charge is 0.473 e. The van der Waals surface area contributed by atoms with E-state index in [1.165, 1.54) is 38.8 Å². The highest BCUT2D eigenvalue weighted by atomic mass is 16.5. The summed E-state index contributed by atoms with van der Waals surface area (Å²) in [6.07, 6.45) is 4.96. The first-order chi connectivity index (χ1) is 9.93. The fourth-order valence-electron chi connectivity index (χ4n) is 3.06. The molecule has 0 saturated carbocycles. The molecule has 116 valence electrons. The van der Waals surface area contributed by atoms with E-state index < -0.39 is 11.9 Å². The minimum Gasteiger partial charge on any atom is -0.473 e. The summed E-state index contributed by atoms with van der Waals surface area (Å²) in [7, 11) is 0. The third-order valence-electron chi connectivity index (χ3n) is 3.95. The maximum Gasteiger partial charge on any atom is 0.414 e. The molecule has 21 heavy (non-hydrogen) atoms. The van der Waals surface area contributed by atoms with Crippen LogP contribution in [-0.4, -0.2) is 56.8 Å². The average Bonchev–Trinajstić information content (AvgIpc) is 2.87. The van der Waals surface area contributed by atoms with Crippen molar-refractivity contribution in [1.29, 1.82) is 0 Å². The van der Waals surface area contributed by atoms with Crippen LogP contribution in [0.1, 0.15) is 37.4 Å². The van der Waals surface area contributed by atoms with Gasteiger partial charge in [0.2, 0.25) is 5.89 Å².